The number of hydroxylamine groups is 1. The fourth-order valence-corrected chi connectivity index (χ4v) is 3.81. The van der Waals surface area contributed by atoms with E-state index < -0.39 is 10.0 Å². The summed E-state index contributed by atoms with van der Waals surface area (Å²) >= 11 is 0. The summed E-state index contributed by atoms with van der Waals surface area (Å²) in [6.45, 7) is 4.69. The molecule has 0 bridgehead atoms. The molecule has 0 heterocycles. The number of carbonyl (C=O) groups excluding carboxylic acids is 1. The molecule has 1 atom stereocenters. The monoisotopic (exact) mass is 390 g/mol. The molecule has 2 aromatic rings. The van der Waals surface area contributed by atoms with Crippen LogP contribution >= 0.6 is 0 Å². The van der Waals surface area contributed by atoms with Gasteiger partial charge in [-0.2, -0.15) is 0 Å². The van der Waals surface area contributed by atoms with Gasteiger partial charge in [-0.1, -0.05) is 54.7 Å². The highest BCUT2D eigenvalue weighted by molar-refractivity contribution is 7.89. The number of carbonyl (C=O) groups is 1. The van der Waals surface area contributed by atoms with Gasteiger partial charge in [-0.3, -0.25) is 9.63 Å². The molecule has 7 heteroatoms. The quantitative estimate of drug-likeness (QED) is 0.703. The molecule has 0 radical (unpaired) electrons. The highest BCUT2D eigenvalue weighted by Crippen LogP contribution is 2.23. The molecule has 1 N–H and O–H groups in total. The summed E-state index contributed by atoms with van der Waals surface area (Å²) in [5.41, 5.74) is 1.45. The first-order valence-electron chi connectivity index (χ1n) is 8.73. The Hall–Kier alpha value is -2.22. The van der Waals surface area contributed by atoms with E-state index in [9.17, 15) is 13.2 Å². The van der Waals surface area contributed by atoms with Crippen LogP contribution in [-0.2, 0) is 14.9 Å². The van der Waals surface area contributed by atoms with Crippen LogP contribution in [0.1, 0.15) is 35.7 Å². The van der Waals surface area contributed by atoms with Gasteiger partial charge in [0.05, 0.1) is 12.0 Å². The van der Waals surface area contributed by atoms with Gasteiger partial charge in [0.2, 0.25) is 0 Å². The first kappa shape index (κ1) is 21.1. The third-order valence-corrected chi connectivity index (χ3v) is 6.18. The van der Waals surface area contributed by atoms with Gasteiger partial charge in [-0.05, 0) is 29.7 Å². The number of amides is 1. The van der Waals surface area contributed by atoms with Gasteiger partial charge in [-0.15, -0.1) is 0 Å². The lowest BCUT2D eigenvalue weighted by Crippen LogP contribution is -2.31. The summed E-state index contributed by atoms with van der Waals surface area (Å²) in [4.78, 5) is 17.3. The zero-order chi connectivity index (χ0) is 20.0. The molecule has 0 aromatic heterocycles. The van der Waals surface area contributed by atoms with Crippen LogP contribution in [0.25, 0.3) is 0 Å². The largest absolute Gasteiger partial charge is 0.351 e. The lowest BCUT2D eigenvalue weighted by molar-refractivity contribution is -0.0258. The van der Waals surface area contributed by atoms with E-state index in [4.69, 9.17) is 4.84 Å². The van der Waals surface area contributed by atoms with E-state index in [0.717, 1.165) is 10.0 Å². The minimum atomic E-state index is -3.80. The van der Waals surface area contributed by atoms with Crippen molar-refractivity contribution in [1.82, 2.24) is 9.79 Å². The Morgan fingerprint density at radius 1 is 1.11 bits per heavy atom. The topological polar surface area (TPSA) is 75.7 Å². The second kappa shape index (κ2) is 9.12. The molecule has 0 aliphatic rings. The highest BCUT2D eigenvalue weighted by Gasteiger charge is 2.22. The molecule has 0 aliphatic carbocycles. The SMILES string of the molecule is CON(C)S(=O)(=O)c1cccc(C(=O)NCC(c2ccccc2)C(C)C)c1. The van der Waals surface area contributed by atoms with E-state index in [1.165, 1.54) is 26.3 Å². The minimum Gasteiger partial charge on any atom is -0.351 e. The van der Waals surface area contributed by atoms with Gasteiger partial charge in [0.1, 0.15) is 0 Å². The molecular weight excluding hydrogens is 364 g/mol. The average molecular weight is 391 g/mol. The molecule has 1 amide bonds. The first-order valence-corrected chi connectivity index (χ1v) is 10.2. The number of sulfonamides is 1. The summed E-state index contributed by atoms with van der Waals surface area (Å²) < 4.78 is 25.5. The molecule has 0 fully saturated rings. The summed E-state index contributed by atoms with van der Waals surface area (Å²) in [5, 5.41) is 2.92. The van der Waals surface area contributed by atoms with Crippen LogP contribution < -0.4 is 5.32 Å². The fraction of sp³-hybridized carbons (Fsp3) is 0.350. The third-order valence-electron chi connectivity index (χ3n) is 4.50. The van der Waals surface area contributed by atoms with Crippen molar-refractivity contribution in [3.05, 3.63) is 65.7 Å². The van der Waals surface area contributed by atoms with Gasteiger partial charge in [-0.25, -0.2) is 8.42 Å². The van der Waals surface area contributed by atoms with Crippen molar-refractivity contribution in [1.29, 1.82) is 0 Å². The van der Waals surface area contributed by atoms with Crippen molar-refractivity contribution in [3.63, 3.8) is 0 Å². The Morgan fingerprint density at radius 2 is 1.78 bits per heavy atom. The van der Waals surface area contributed by atoms with Crippen LogP contribution in [0.4, 0.5) is 0 Å². The zero-order valence-corrected chi connectivity index (χ0v) is 16.9. The van der Waals surface area contributed by atoms with Crippen molar-refractivity contribution < 1.29 is 18.0 Å². The van der Waals surface area contributed by atoms with Crippen LogP contribution in [0, 0.1) is 5.92 Å². The number of nitrogens with zero attached hydrogens (tertiary/aromatic N) is 1. The van der Waals surface area contributed by atoms with E-state index in [1.807, 2.05) is 30.3 Å². The molecule has 27 heavy (non-hydrogen) atoms. The van der Waals surface area contributed by atoms with Gasteiger partial charge < -0.3 is 5.32 Å². The first-order chi connectivity index (χ1) is 12.8. The number of benzene rings is 2. The van der Waals surface area contributed by atoms with Crippen molar-refractivity contribution in [2.24, 2.45) is 5.92 Å². The smallest absolute Gasteiger partial charge is 0.264 e. The lowest BCUT2D eigenvalue weighted by atomic mass is 9.88. The second-order valence-electron chi connectivity index (χ2n) is 6.60. The zero-order valence-electron chi connectivity index (χ0n) is 16.0. The van der Waals surface area contributed by atoms with Crippen LogP contribution in [0.2, 0.25) is 0 Å². The Kier molecular flexibility index (Phi) is 7.12. The van der Waals surface area contributed by atoms with E-state index in [2.05, 4.69) is 19.2 Å². The standard InChI is InChI=1S/C20H26N2O4S/c1-15(2)19(16-9-6-5-7-10-16)14-21-20(23)17-11-8-12-18(13-17)27(24,25)22(3)26-4/h5-13,15,19H,14H2,1-4H3,(H,21,23). The van der Waals surface area contributed by atoms with Crippen LogP contribution in [0.3, 0.4) is 0 Å². The maximum Gasteiger partial charge on any atom is 0.264 e. The van der Waals surface area contributed by atoms with Crippen molar-refractivity contribution in [3.8, 4) is 0 Å². The van der Waals surface area contributed by atoms with E-state index in [1.54, 1.807) is 12.1 Å². The van der Waals surface area contributed by atoms with E-state index in [-0.39, 0.29) is 22.3 Å². The maximum absolute atomic E-state index is 12.6. The van der Waals surface area contributed by atoms with E-state index >= 15 is 0 Å². The Bertz CT molecular complexity index is 867. The molecule has 0 aliphatic heterocycles. The Balaban J connectivity index is 2.15. The maximum atomic E-state index is 12.6. The summed E-state index contributed by atoms with van der Waals surface area (Å²) in [6.07, 6.45) is 0. The number of hydrogen-bond acceptors (Lipinski definition) is 4. The molecule has 0 saturated heterocycles. The van der Waals surface area contributed by atoms with Crippen molar-refractivity contribution >= 4 is 15.9 Å². The lowest BCUT2D eigenvalue weighted by Gasteiger charge is -2.22. The predicted octanol–water partition coefficient (Wildman–Crippen LogP) is 3.04. The summed E-state index contributed by atoms with van der Waals surface area (Å²) in [6, 6.07) is 15.9. The molecule has 0 saturated carbocycles. The van der Waals surface area contributed by atoms with Crippen molar-refractivity contribution in [2.75, 3.05) is 20.7 Å². The molecule has 2 rings (SSSR count). The third kappa shape index (κ3) is 5.15. The average Bonchev–Trinajstić information content (AvgIpc) is 2.67. The summed E-state index contributed by atoms with van der Waals surface area (Å²) in [5.74, 6) is 0.199. The molecule has 146 valence electrons. The Labute approximate surface area is 161 Å². The molecule has 6 nitrogen and oxygen atoms in total. The second-order valence-corrected chi connectivity index (χ2v) is 8.53. The molecule has 2 aromatic carbocycles. The van der Waals surface area contributed by atoms with Gasteiger partial charge in [0, 0.05) is 25.1 Å². The molecular formula is C20H26N2O4S. The van der Waals surface area contributed by atoms with Crippen LogP contribution in [-0.4, -0.2) is 39.5 Å². The van der Waals surface area contributed by atoms with Crippen molar-refractivity contribution in [2.45, 2.75) is 24.7 Å². The molecule has 1 unspecified atom stereocenters. The number of hydrogen-bond donors (Lipinski definition) is 1. The van der Waals surface area contributed by atoms with Gasteiger partial charge in [0.15, 0.2) is 0 Å². The van der Waals surface area contributed by atoms with E-state index in [0.29, 0.717) is 12.5 Å². The number of nitrogens with one attached hydrogen (secondary N) is 1. The summed E-state index contributed by atoms with van der Waals surface area (Å²) in [7, 11) is -1.23. The highest BCUT2D eigenvalue weighted by atomic mass is 32.2. The fourth-order valence-electron chi connectivity index (χ4n) is 2.79. The van der Waals surface area contributed by atoms with Crippen LogP contribution in [0.5, 0.6) is 0 Å². The Morgan fingerprint density at radius 3 is 2.37 bits per heavy atom. The minimum absolute atomic E-state index is 0.00275. The van der Waals surface area contributed by atoms with Gasteiger partial charge in [0.25, 0.3) is 15.9 Å². The predicted molar refractivity (Wildman–Crippen MR) is 105 cm³/mol. The molecule has 0 spiro atoms. The normalized spacial score (nSPS) is 13.0. The van der Waals surface area contributed by atoms with Crippen LogP contribution in [0.15, 0.2) is 59.5 Å². The number of rotatable bonds is 8. The van der Waals surface area contributed by atoms with Gasteiger partial charge >= 0.3 is 0 Å².